The fourth-order valence-electron chi connectivity index (χ4n) is 1.85. The molecular weight excluding hydrogens is 176 g/mol. The van der Waals surface area contributed by atoms with Crippen LogP contribution in [0.15, 0.2) is 24.7 Å². The molecule has 2 aromatic heterocycles. The van der Waals surface area contributed by atoms with Crippen molar-refractivity contribution < 1.29 is 0 Å². The number of hydrogen-bond acceptors (Lipinski definition) is 3. The maximum atomic E-state index is 5.76. The van der Waals surface area contributed by atoms with Crippen molar-refractivity contribution in [1.29, 1.82) is 0 Å². The molecule has 1 fully saturated rings. The lowest BCUT2D eigenvalue weighted by Gasteiger charge is -2.11. The van der Waals surface area contributed by atoms with Crippen LogP contribution in [0.4, 0.5) is 0 Å². The van der Waals surface area contributed by atoms with Gasteiger partial charge in [-0.25, -0.2) is 9.50 Å². The molecular formula is C10H12N4. The van der Waals surface area contributed by atoms with E-state index < -0.39 is 0 Å². The third-order valence-corrected chi connectivity index (χ3v) is 3.10. The monoisotopic (exact) mass is 188 g/mol. The van der Waals surface area contributed by atoms with Gasteiger partial charge < -0.3 is 5.73 Å². The van der Waals surface area contributed by atoms with Crippen molar-refractivity contribution in [2.45, 2.75) is 18.3 Å². The molecule has 1 aliphatic rings. The van der Waals surface area contributed by atoms with Gasteiger partial charge in [-0.3, -0.25) is 0 Å². The van der Waals surface area contributed by atoms with Crippen LogP contribution in [0.3, 0.4) is 0 Å². The number of rotatable bonds is 2. The predicted molar refractivity (Wildman–Crippen MR) is 53.0 cm³/mol. The Morgan fingerprint density at radius 1 is 1.50 bits per heavy atom. The molecule has 0 spiro atoms. The fourth-order valence-corrected chi connectivity index (χ4v) is 1.85. The van der Waals surface area contributed by atoms with Crippen molar-refractivity contribution in [3.05, 3.63) is 30.2 Å². The van der Waals surface area contributed by atoms with Gasteiger partial charge in [0.2, 0.25) is 0 Å². The first-order chi connectivity index (χ1) is 6.84. The van der Waals surface area contributed by atoms with E-state index >= 15 is 0 Å². The third kappa shape index (κ3) is 0.974. The Morgan fingerprint density at radius 2 is 2.36 bits per heavy atom. The van der Waals surface area contributed by atoms with Crippen LogP contribution in [-0.2, 0) is 5.41 Å². The van der Waals surface area contributed by atoms with Crippen molar-refractivity contribution in [2.75, 3.05) is 6.54 Å². The Hall–Kier alpha value is -1.42. The highest BCUT2D eigenvalue weighted by atomic mass is 15.2. The maximum Gasteiger partial charge on any atom is 0.154 e. The molecule has 0 radical (unpaired) electrons. The van der Waals surface area contributed by atoms with Crippen LogP contribution in [-0.4, -0.2) is 21.1 Å². The zero-order valence-corrected chi connectivity index (χ0v) is 7.85. The van der Waals surface area contributed by atoms with E-state index in [1.807, 2.05) is 23.0 Å². The maximum absolute atomic E-state index is 5.76. The summed E-state index contributed by atoms with van der Waals surface area (Å²) in [4.78, 5) is 4.34. The van der Waals surface area contributed by atoms with Gasteiger partial charge in [0.15, 0.2) is 5.65 Å². The van der Waals surface area contributed by atoms with Gasteiger partial charge in [-0.05, 0) is 18.4 Å². The topological polar surface area (TPSA) is 56.2 Å². The van der Waals surface area contributed by atoms with E-state index in [-0.39, 0.29) is 5.41 Å². The molecule has 3 rings (SSSR count). The van der Waals surface area contributed by atoms with Gasteiger partial charge in [0.05, 0.1) is 6.20 Å². The average molecular weight is 188 g/mol. The second-order valence-corrected chi connectivity index (χ2v) is 3.96. The normalized spacial score (nSPS) is 18.6. The van der Waals surface area contributed by atoms with Crippen molar-refractivity contribution in [2.24, 2.45) is 5.73 Å². The minimum Gasteiger partial charge on any atom is -0.330 e. The summed E-state index contributed by atoms with van der Waals surface area (Å²) in [7, 11) is 0. The van der Waals surface area contributed by atoms with Crippen LogP contribution in [0.1, 0.15) is 18.4 Å². The third-order valence-electron chi connectivity index (χ3n) is 3.10. The van der Waals surface area contributed by atoms with Gasteiger partial charge in [-0.2, -0.15) is 5.10 Å². The second-order valence-electron chi connectivity index (χ2n) is 3.96. The van der Waals surface area contributed by atoms with Gasteiger partial charge in [-0.1, -0.05) is 0 Å². The molecule has 2 N–H and O–H groups in total. The van der Waals surface area contributed by atoms with Gasteiger partial charge in [0.1, 0.15) is 0 Å². The molecule has 1 aliphatic carbocycles. The summed E-state index contributed by atoms with van der Waals surface area (Å²) in [5, 5.41) is 4.17. The summed E-state index contributed by atoms with van der Waals surface area (Å²) < 4.78 is 1.81. The molecule has 2 heterocycles. The number of fused-ring (bicyclic) bond motifs is 1. The molecule has 0 aliphatic heterocycles. The fraction of sp³-hybridized carbons (Fsp3) is 0.400. The smallest absolute Gasteiger partial charge is 0.154 e. The number of nitrogens with two attached hydrogens (primary N) is 1. The first-order valence-electron chi connectivity index (χ1n) is 4.84. The SMILES string of the molecule is NCC1(c2cnc3ccnn3c2)CC1. The molecule has 0 amide bonds. The lowest BCUT2D eigenvalue weighted by molar-refractivity contribution is 0.689. The highest BCUT2D eigenvalue weighted by Crippen LogP contribution is 2.46. The first kappa shape index (κ1) is 7.94. The van der Waals surface area contributed by atoms with Gasteiger partial charge >= 0.3 is 0 Å². The number of aromatic nitrogens is 3. The van der Waals surface area contributed by atoms with Crippen LogP contribution in [0.2, 0.25) is 0 Å². The summed E-state index contributed by atoms with van der Waals surface area (Å²) >= 11 is 0. The van der Waals surface area contributed by atoms with E-state index in [9.17, 15) is 0 Å². The zero-order valence-electron chi connectivity index (χ0n) is 7.85. The van der Waals surface area contributed by atoms with Gasteiger partial charge in [0.25, 0.3) is 0 Å². The van der Waals surface area contributed by atoms with Crippen LogP contribution < -0.4 is 5.73 Å². The van der Waals surface area contributed by atoms with E-state index in [0.29, 0.717) is 6.54 Å². The lowest BCUT2D eigenvalue weighted by Crippen LogP contribution is -2.20. The van der Waals surface area contributed by atoms with Crippen molar-refractivity contribution in [3.8, 4) is 0 Å². The molecule has 1 saturated carbocycles. The van der Waals surface area contributed by atoms with Crippen LogP contribution in [0.5, 0.6) is 0 Å². The highest BCUT2D eigenvalue weighted by Gasteiger charge is 2.43. The summed E-state index contributed by atoms with van der Waals surface area (Å²) in [6, 6.07) is 1.89. The summed E-state index contributed by atoms with van der Waals surface area (Å²) in [5.74, 6) is 0. The quantitative estimate of drug-likeness (QED) is 0.755. The largest absolute Gasteiger partial charge is 0.330 e. The molecule has 2 aromatic rings. The Labute approximate surface area is 81.8 Å². The molecule has 0 bridgehead atoms. The van der Waals surface area contributed by atoms with E-state index in [4.69, 9.17) is 5.73 Å². The van der Waals surface area contributed by atoms with E-state index in [1.54, 1.807) is 6.20 Å². The van der Waals surface area contributed by atoms with Crippen molar-refractivity contribution in [3.63, 3.8) is 0 Å². The zero-order chi connectivity index (χ0) is 9.60. The van der Waals surface area contributed by atoms with Crippen LogP contribution in [0.25, 0.3) is 5.65 Å². The van der Waals surface area contributed by atoms with Crippen LogP contribution in [0, 0.1) is 0 Å². The molecule has 0 unspecified atom stereocenters. The predicted octanol–water partition coefficient (Wildman–Crippen LogP) is 0.720. The van der Waals surface area contributed by atoms with Gasteiger partial charge in [0, 0.05) is 30.4 Å². The Morgan fingerprint density at radius 3 is 3.07 bits per heavy atom. The molecule has 0 atom stereocenters. The van der Waals surface area contributed by atoms with Gasteiger partial charge in [-0.15, -0.1) is 0 Å². The molecule has 0 aromatic carbocycles. The lowest BCUT2D eigenvalue weighted by atomic mass is 10.00. The minimum absolute atomic E-state index is 0.202. The molecule has 14 heavy (non-hydrogen) atoms. The van der Waals surface area contributed by atoms with Crippen LogP contribution >= 0.6 is 0 Å². The highest BCUT2D eigenvalue weighted by molar-refractivity contribution is 5.39. The summed E-state index contributed by atoms with van der Waals surface area (Å²) in [6.45, 7) is 0.710. The first-order valence-corrected chi connectivity index (χ1v) is 4.84. The van der Waals surface area contributed by atoms with E-state index in [0.717, 1.165) is 5.65 Å². The van der Waals surface area contributed by atoms with E-state index in [1.165, 1.54) is 18.4 Å². The van der Waals surface area contributed by atoms with Crippen molar-refractivity contribution in [1.82, 2.24) is 14.6 Å². The Balaban J connectivity index is 2.13. The Kier molecular flexibility index (Phi) is 1.44. The molecule has 4 heteroatoms. The minimum atomic E-state index is 0.202. The van der Waals surface area contributed by atoms with Crippen molar-refractivity contribution >= 4 is 5.65 Å². The van der Waals surface area contributed by atoms with E-state index in [2.05, 4.69) is 10.1 Å². The summed E-state index contributed by atoms with van der Waals surface area (Å²) in [5.41, 5.74) is 8.07. The molecule has 0 saturated heterocycles. The standard InChI is InChI=1S/C10H12N4/c11-7-10(2-3-10)8-5-12-9-1-4-13-14(9)6-8/h1,4-6H,2-3,7,11H2. The molecule has 4 nitrogen and oxygen atoms in total. The number of hydrogen-bond donors (Lipinski definition) is 1. The second kappa shape index (κ2) is 2.54. The summed E-state index contributed by atoms with van der Waals surface area (Å²) in [6.07, 6.45) is 8.09. The number of nitrogens with zero attached hydrogens (tertiary/aromatic N) is 3. The Bertz CT molecular complexity index is 470. The molecule has 72 valence electrons. The average Bonchev–Trinajstić information content (AvgIpc) is 2.89.